The second-order valence-corrected chi connectivity index (χ2v) is 9.14. The minimum atomic E-state index is -1.71. The Morgan fingerprint density at radius 2 is 2.06 bits per heavy atom. The number of aliphatic hydroxyl groups is 1. The van der Waals surface area contributed by atoms with Gasteiger partial charge in [-0.3, -0.25) is 9.59 Å². The molecule has 2 amide bonds. The number of amides is 2. The molecule has 1 aromatic carbocycles. The third-order valence-corrected chi connectivity index (χ3v) is 6.95. The molecule has 10 nitrogen and oxygen atoms in total. The van der Waals surface area contributed by atoms with Crippen LogP contribution in [-0.4, -0.2) is 56.6 Å². The molecule has 6 rings (SSSR count). The van der Waals surface area contributed by atoms with Gasteiger partial charge in [0, 0.05) is 49.2 Å². The van der Waals surface area contributed by atoms with Crippen LogP contribution >= 0.6 is 0 Å². The Labute approximate surface area is 194 Å². The fraction of sp³-hybridized carbons (Fsp3) is 0.375. The van der Waals surface area contributed by atoms with Gasteiger partial charge in [0.1, 0.15) is 11.4 Å². The summed E-state index contributed by atoms with van der Waals surface area (Å²) in [5.74, 6) is -0.515. The Morgan fingerprint density at radius 3 is 2.82 bits per heavy atom. The summed E-state index contributed by atoms with van der Waals surface area (Å²) in [6, 6.07) is 8.90. The molecule has 34 heavy (non-hydrogen) atoms. The molecule has 0 spiro atoms. The SMILES string of the molecule is CN1CCC(O)(c2cc(-c3cccc(-c4nc5c(c(C(N)=O)n4)[C@H]4CC[C@@H](C5)O4)c3)no2)C1=O. The van der Waals surface area contributed by atoms with Gasteiger partial charge in [-0.05, 0) is 18.9 Å². The number of ether oxygens (including phenoxy) is 1. The van der Waals surface area contributed by atoms with Crippen LogP contribution in [0, 0.1) is 0 Å². The molecule has 3 aliphatic rings. The van der Waals surface area contributed by atoms with Gasteiger partial charge in [-0.2, -0.15) is 0 Å². The fourth-order valence-electron chi connectivity index (χ4n) is 5.12. The first kappa shape index (κ1) is 20.9. The number of likely N-dealkylation sites (tertiary alicyclic amines) is 1. The average molecular weight is 461 g/mol. The first-order valence-corrected chi connectivity index (χ1v) is 11.3. The minimum absolute atomic E-state index is 0.101. The van der Waals surface area contributed by atoms with E-state index in [0.717, 1.165) is 18.5 Å². The van der Waals surface area contributed by atoms with Crippen LogP contribution < -0.4 is 5.73 Å². The number of hydrogen-bond acceptors (Lipinski definition) is 8. The van der Waals surface area contributed by atoms with Crippen LogP contribution in [0.25, 0.3) is 22.6 Å². The summed E-state index contributed by atoms with van der Waals surface area (Å²) in [4.78, 5) is 35.4. The summed E-state index contributed by atoms with van der Waals surface area (Å²) >= 11 is 0. The maximum atomic E-state index is 12.4. The maximum absolute atomic E-state index is 12.4. The Hall–Kier alpha value is -3.63. The predicted molar refractivity (Wildman–Crippen MR) is 118 cm³/mol. The van der Waals surface area contributed by atoms with Crippen LogP contribution in [0.3, 0.4) is 0 Å². The molecule has 2 fully saturated rings. The van der Waals surface area contributed by atoms with Crippen molar-refractivity contribution in [3.63, 3.8) is 0 Å². The highest BCUT2D eigenvalue weighted by atomic mass is 16.5. The second kappa shape index (κ2) is 7.44. The van der Waals surface area contributed by atoms with Crippen LogP contribution in [0.4, 0.5) is 0 Å². The summed E-state index contributed by atoms with van der Waals surface area (Å²) in [7, 11) is 1.64. The van der Waals surface area contributed by atoms with Crippen LogP contribution in [0.5, 0.6) is 0 Å². The predicted octanol–water partition coefficient (Wildman–Crippen LogP) is 1.72. The molecule has 174 valence electrons. The van der Waals surface area contributed by atoms with Crippen molar-refractivity contribution < 1.29 is 24.0 Å². The van der Waals surface area contributed by atoms with Gasteiger partial charge in [-0.1, -0.05) is 23.4 Å². The van der Waals surface area contributed by atoms with Crippen molar-refractivity contribution in [2.45, 2.75) is 43.5 Å². The summed E-state index contributed by atoms with van der Waals surface area (Å²) in [6.45, 7) is 0.436. The third-order valence-electron chi connectivity index (χ3n) is 6.95. The van der Waals surface area contributed by atoms with Gasteiger partial charge in [0.25, 0.3) is 11.8 Å². The Morgan fingerprint density at radius 1 is 1.24 bits per heavy atom. The number of likely N-dealkylation sites (N-methyl/N-ethyl adjacent to an activating group) is 1. The lowest BCUT2D eigenvalue weighted by atomic mass is 9.97. The molecular formula is C24H23N5O5. The molecule has 1 unspecified atom stereocenters. The highest BCUT2D eigenvalue weighted by molar-refractivity contribution is 5.93. The number of fused-ring (bicyclic) bond motifs is 4. The van der Waals surface area contributed by atoms with Gasteiger partial charge in [-0.25, -0.2) is 9.97 Å². The molecule has 0 radical (unpaired) electrons. The third kappa shape index (κ3) is 3.13. The molecule has 5 heterocycles. The standard InChI is InChI=1S/C24H23N5O5/c1-29-8-7-24(32,23(29)31)18-11-15(28-34-18)12-3-2-4-13(9-12)22-26-16-10-14-5-6-17(33-14)19(16)20(27-22)21(25)30/h2-4,9,11,14,17,32H,5-8,10H2,1H3,(H2,25,30)/t14-,17+,24?/m0/s1. The van der Waals surface area contributed by atoms with Crippen molar-refractivity contribution in [2.24, 2.45) is 5.73 Å². The van der Waals surface area contributed by atoms with Gasteiger partial charge >= 0.3 is 0 Å². The number of rotatable bonds is 4. The summed E-state index contributed by atoms with van der Waals surface area (Å²) in [5.41, 5.74) is 7.51. The number of hydrogen-bond donors (Lipinski definition) is 2. The lowest BCUT2D eigenvalue weighted by molar-refractivity contribution is -0.144. The smallest absolute Gasteiger partial charge is 0.267 e. The number of nitrogens with two attached hydrogens (primary N) is 1. The average Bonchev–Trinajstić information content (AvgIpc) is 3.55. The van der Waals surface area contributed by atoms with Gasteiger partial charge < -0.3 is 25.0 Å². The molecule has 0 aliphatic carbocycles. The largest absolute Gasteiger partial charge is 0.373 e. The zero-order chi connectivity index (χ0) is 23.6. The van der Waals surface area contributed by atoms with Crippen LogP contribution in [0.1, 0.15) is 52.9 Å². The minimum Gasteiger partial charge on any atom is -0.373 e. The maximum Gasteiger partial charge on any atom is 0.267 e. The molecule has 2 aromatic heterocycles. The normalized spacial score (nSPS) is 25.6. The first-order chi connectivity index (χ1) is 16.3. The van der Waals surface area contributed by atoms with E-state index in [1.54, 1.807) is 13.1 Å². The number of benzene rings is 1. The molecule has 3 aromatic rings. The van der Waals surface area contributed by atoms with E-state index in [0.29, 0.717) is 41.2 Å². The summed E-state index contributed by atoms with van der Waals surface area (Å²) in [6.07, 6.45) is 2.52. The molecule has 10 heteroatoms. The first-order valence-electron chi connectivity index (χ1n) is 11.3. The topological polar surface area (TPSA) is 145 Å². The Bertz CT molecular complexity index is 1340. The molecule has 3 atom stereocenters. The number of carbonyl (C=O) groups is 2. The van der Waals surface area contributed by atoms with Crippen molar-refractivity contribution in [3.05, 3.63) is 53.0 Å². The lowest BCUT2D eigenvalue weighted by Gasteiger charge is -2.24. The highest BCUT2D eigenvalue weighted by Crippen LogP contribution is 2.42. The van der Waals surface area contributed by atoms with Crippen LogP contribution in [0.15, 0.2) is 34.9 Å². The molecule has 2 saturated heterocycles. The van der Waals surface area contributed by atoms with Gasteiger partial charge in [0.05, 0.1) is 17.9 Å². The lowest BCUT2D eigenvalue weighted by Crippen LogP contribution is -2.35. The second-order valence-electron chi connectivity index (χ2n) is 9.14. The van der Waals surface area contributed by atoms with E-state index in [2.05, 4.69) is 10.1 Å². The highest BCUT2D eigenvalue weighted by Gasteiger charge is 2.48. The van der Waals surface area contributed by atoms with E-state index in [9.17, 15) is 14.7 Å². The van der Waals surface area contributed by atoms with Gasteiger partial charge in [0.2, 0.25) is 5.60 Å². The van der Waals surface area contributed by atoms with E-state index in [1.165, 1.54) is 4.90 Å². The van der Waals surface area contributed by atoms with Crippen molar-refractivity contribution >= 4 is 11.8 Å². The van der Waals surface area contributed by atoms with Gasteiger partial charge in [0.15, 0.2) is 11.6 Å². The van der Waals surface area contributed by atoms with E-state index in [4.69, 9.17) is 20.0 Å². The van der Waals surface area contributed by atoms with E-state index < -0.39 is 17.4 Å². The van der Waals surface area contributed by atoms with E-state index >= 15 is 0 Å². The fourth-order valence-corrected chi connectivity index (χ4v) is 5.12. The summed E-state index contributed by atoms with van der Waals surface area (Å²) in [5, 5.41) is 14.9. The van der Waals surface area contributed by atoms with Crippen molar-refractivity contribution in [1.82, 2.24) is 20.0 Å². The van der Waals surface area contributed by atoms with Crippen molar-refractivity contribution in [2.75, 3.05) is 13.6 Å². The molecule has 0 saturated carbocycles. The molecule has 3 N–H and O–H groups in total. The monoisotopic (exact) mass is 461 g/mol. The Kier molecular flexibility index (Phi) is 4.58. The van der Waals surface area contributed by atoms with Crippen LogP contribution in [0.2, 0.25) is 0 Å². The zero-order valence-corrected chi connectivity index (χ0v) is 18.5. The van der Waals surface area contributed by atoms with E-state index in [-0.39, 0.29) is 30.1 Å². The van der Waals surface area contributed by atoms with Crippen molar-refractivity contribution in [3.8, 4) is 22.6 Å². The molecule has 3 aliphatic heterocycles. The van der Waals surface area contributed by atoms with Crippen molar-refractivity contribution in [1.29, 1.82) is 0 Å². The Balaban J connectivity index is 1.38. The molecular weight excluding hydrogens is 438 g/mol. The number of nitrogens with zero attached hydrogens (tertiary/aromatic N) is 4. The summed E-state index contributed by atoms with van der Waals surface area (Å²) < 4.78 is 11.3. The number of carbonyl (C=O) groups excluding carboxylic acids is 2. The van der Waals surface area contributed by atoms with Gasteiger partial charge in [-0.15, -0.1) is 0 Å². The number of primary amides is 1. The zero-order valence-electron chi connectivity index (χ0n) is 18.5. The van der Waals surface area contributed by atoms with E-state index in [1.807, 2.05) is 24.3 Å². The number of aromatic nitrogens is 3. The quantitative estimate of drug-likeness (QED) is 0.597. The molecule has 2 bridgehead atoms. The van der Waals surface area contributed by atoms with Crippen LogP contribution in [-0.2, 0) is 21.6 Å².